The molecule has 0 atom stereocenters. The number of aliphatic imine (C=N–C) groups is 1. The number of nitrogens with one attached hydrogen (secondary N) is 2. The number of halogens is 2. The van der Waals surface area contributed by atoms with Crippen molar-refractivity contribution in [3.8, 4) is 11.5 Å². The Balaban J connectivity index is 0.00000208. The van der Waals surface area contributed by atoms with Crippen LogP contribution in [0, 0.1) is 0 Å². The van der Waals surface area contributed by atoms with Gasteiger partial charge < -0.3 is 20.1 Å². The average Bonchev–Trinajstić information content (AvgIpc) is 2.83. The molecule has 0 fully saturated rings. The van der Waals surface area contributed by atoms with Gasteiger partial charge in [0.2, 0.25) is 0 Å². The lowest BCUT2D eigenvalue weighted by molar-refractivity contribution is 0.297. The Bertz CT molecular complexity index is 708. The van der Waals surface area contributed by atoms with Gasteiger partial charge in [-0.15, -0.1) is 35.3 Å². The summed E-state index contributed by atoms with van der Waals surface area (Å²) in [6.07, 6.45) is 0.900. The molecule has 1 aromatic carbocycles. The predicted molar refractivity (Wildman–Crippen MR) is 113 cm³/mol. The first kappa shape index (κ1) is 19.3. The second-order valence-electron chi connectivity index (χ2n) is 4.97. The Hall–Kier alpha value is -1.00. The van der Waals surface area contributed by atoms with Gasteiger partial charge in [0.1, 0.15) is 0 Å². The minimum absolute atomic E-state index is 0. The van der Waals surface area contributed by atoms with Gasteiger partial charge in [0.05, 0.1) is 23.5 Å². The van der Waals surface area contributed by atoms with E-state index in [0.29, 0.717) is 19.2 Å². The molecule has 0 unspecified atom stereocenters. The van der Waals surface area contributed by atoms with E-state index in [-0.39, 0.29) is 24.0 Å². The van der Waals surface area contributed by atoms with Gasteiger partial charge in [-0.1, -0.05) is 0 Å². The highest BCUT2D eigenvalue weighted by Gasteiger charge is 2.11. The van der Waals surface area contributed by atoms with Gasteiger partial charge in [0, 0.05) is 30.1 Å². The van der Waals surface area contributed by atoms with Crippen molar-refractivity contribution in [1.82, 2.24) is 5.32 Å². The molecule has 0 amide bonds. The van der Waals surface area contributed by atoms with Crippen LogP contribution < -0.4 is 20.1 Å². The third-order valence-electron chi connectivity index (χ3n) is 3.29. The van der Waals surface area contributed by atoms with Crippen LogP contribution in [0.2, 0.25) is 0 Å². The van der Waals surface area contributed by atoms with Crippen LogP contribution in [-0.4, -0.2) is 26.2 Å². The van der Waals surface area contributed by atoms with Crippen LogP contribution in [0.4, 0.5) is 5.69 Å². The molecule has 1 aliphatic rings. The normalized spacial score (nSPS) is 13.7. The summed E-state index contributed by atoms with van der Waals surface area (Å²) in [7, 11) is 1.75. The highest BCUT2D eigenvalue weighted by molar-refractivity contribution is 14.0. The summed E-state index contributed by atoms with van der Waals surface area (Å²) in [6.45, 7) is 2.09. The van der Waals surface area contributed by atoms with Crippen molar-refractivity contribution in [3.63, 3.8) is 0 Å². The fourth-order valence-electron chi connectivity index (χ4n) is 2.17. The number of rotatable bonds is 3. The van der Waals surface area contributed by atoms with Crippen molar-refractivity contribution in [2.45, 2.75) is 13.0 Å². The Morgan fingerprint density at radius 3 is 2.71 bits per heavy atom. The van der Waals surface area contributed by atoms with Gasteiger partial charge in [-0.3, -0.25) is 4.99 Å². The van der Waals surface area contributed by atoms with Gasteiger partial charge in [-0.2, -0.15) is 0 Å². The standard InChI is InChI=1S/C16H18BrN3O2S.HI/c1-18-16(19-10-12-4-6-15(17)23-12)20-11-3-5-13-14(9-11)22-8-2-7-21-13;/h3-6,9H,2,7-8,10H2,1H3,(H2,18,19,20);1H. The minimum Gasteiger partial charge on any atom is -0.490 e. The van der Waals surface area contributed by atoms with Crippen molar-refractivity contribution in [2.75, 3.05) is 25.6 Å². The van der Waals surface area contributed by atoms with Gasteiger partial charge in [0.15, 0.2) is 17.5 Å². The zero-order valence-corrected chi connectivity index (χ0v) is 17.9. The van der Waals surface area contributed by atoms with E-state index in [1.165, 1.54) is 4.88 Å². The molecule has 3 rings (SSSR count). The molecule has 5 nitrogen and oxygen atoms in total. The van der Waals surface area contributed by atoms with Crippen LogP contribution in [0.5, 0.6) is 11.5 Å². The number of anilines is 1. The molecule has 24 heavy (non-hydrogen) atoms. The molecular formula is C16H19BrIN3O2S. The summed E-state index contributed by atoms with van der Waals surface area (Å²) < 4.78 is 12.5. The maximum absolute atomic E-state index is 5.71. The fourth-order valence-corrected chi connectivity index (χ4v) is 3.60. The number of thiophene rings is 1. The number of benzene rings is 1. The second kappa shape index (κ2) is 9.47. The van der Waals surface area contributed by atoms with E-state index in [1.807, 2.05) is 24.3 Å². The molecule has 0 saturated heterocycles. The molecule has 130 valence electrons. The quantitative estimate of drug-likeness (QED) is 0.354. The molecule has 0 radical (unpaired) electrons. The number of hydrogen-bond acceptors (Lipinski definition) is 4. The molecule has 0 spiro atoms. The number of guanidine groups is 1. The van der Waals surface area contributed by atoms with Crippen LogP contribution in [0.15, 0.2) is 39.1 Å². The van der Waals surface area contributed by atoms with E-state index in [1.54, 1.807) is 18.4 Å². The first-order chi connectivity index (χ1) is 11.2. The molecular weight excluding hydrogens is 505 g/mol. The molecule has 2 aromatic rings. The van der Waals surface area contributed by atoms with Crippen LogP contribution in [0.1, 0.15) is 11.3 Å². The third-order valence-corrected chi connectivity index (χ3v) is 4.92. The Kier molecular flexibility index (Phi) is 7.63. The maximum atomic E-state index is 5.71. The van der Waals surface area contributed by atoms with E-state index in [4.69, 9.17) is 9.47 Å². The largest absolute Gasteiger partial charge is 0.490 e. The van der Waals surface area contributed by atoms with E-state index in [2.05, 4.69) is 37.6 Å². The zero-order valence-electron chi connectivity index (χ0n) is 13.2. The topological polar surface area (TPSA) is 54.9 Å². The van der Waals surface area contributed by atoms with Gasteiger partial charge in [-0.05, 0) is 40.2 Å². The lowest BCUT2D eigenvalue weighted by Gasteiger charge is -2.13. The summed E-state index contributed by atoms with van der Waals surface area (Å²) >= 11 is 5.17. The molecule has 2 N–H and O–H groups in total. The smallest absolute Gasteiger partial charge is 0.195 e. The van der Waals surface area contributed by atoms with Crippen molar-refractivity contribution >= 4 is 62.9 Å². The lowest BCUT2D eigenvalue weighted by Crippen LogP contribution is -2.29. The number of hydrogen-bond donors (Lipinski definition) is 2. The number of nitrogens with zero attached hydrogens (tertiary/aromatic N) is 1. The Labute approximate surface area is 171 Å². The molecule has 1 aromatic heterocycles. The van der Waals surface area contributed by atoms with Crippen LogP contribution in [-0.2, 0) is 6.54 Å². The molecule has 0 aliphatic carbocycles. The minimum atomic E-state index is 0. The summed E-state index contributed by atoms with van der Waals surface area (Å²) in [5.41, 5.74) is 0.912. The highest BCUT2D eigenvalue weighted by atomic mass is 127. The average molecular weight is 524 g/mol. The van der Waals surface area contributed by atoms with E-state index >= 15 is 0 Å². The van der Waals surface area contributed by atoms with Crippen molar-refractivity contribution in [2.24, 2.45) is 4.99 Å². The van der Waals surface area contributed by atoms with Gasteiger partial charge in [-0.25, -0.2) is 0 Å². The highest BCUT2D eigenvalue weighted by Crippen LogP contribution is 2.32. The fraction of sp³-hybridized carbons (Fsp3) is 0.312. The predicted octanol–water partition coefficient (Wildman–Crippen LogP) is 4.48. The first-order valence-electron chi connectivity index (χ1n) is 7.36. The van der Waals surface area contributed by atoms with Gasteiger partial charge >= 0.3 is 0 Å². The van der Waals surface area contributed by atoms with Gasteiger partial charge in [0.25, 0.3) is 0 Å². The summed E-state index contributed by atoms with van der Waals surface area (Å²) in [6, 6.07) is 9.95. The molecule has 0 bridgehead atoms. The van der Waals surface area contributed by atoms with Crippen LogP contribution in [0.25, 0.3) is 0 Å². The third kappa shape index (κ3) is 5.25. The van der Waals surface area contributed by atoms with Crippen molar-refractivity contribution < 1.29 is 9.47 Å². The van der Waals surface area contributed by atoms with E-state index in [9.17, 15) is 0 Å². The number of fused-ring (bicyclic) bond motifs is 1. The summed E-state index contributed by atoms with van der Waals surface area (Å²) in [4.78, 5) is 5.49. The molecule has 0 saturated carbocycles. The molecule has 8 heteroatoms. The van der Waals surface area contributed by atoms with Crippen molar-refractivity contribution in [1.29, 1.82) is 0 Å². The van der Waals surface area contributed by atoms with E-state index < -0.39 is 0 Å². The molecule has 2 heterocycles. The zero-order chi connectivity index (χ0) is 16.1. The first-order valence-corrected chi connectivity index (χ1v) is 8.97. The molecule has 1 aliphatic heterocycles. The number of ether oxygens (including phenoxy) is 2. The Morgan fingerprint density at radius 2 is 2.00 bits per heavy atom. The SMILES string of the molecule is CN=C(NCc1ccc(Br)s1)Nc1ccc2c(c1)OCCCO2.I. The van der Waals surface area contributed by atoms with Crippen LogP contribution >= 0.6 is 51.2 Å². The second-order valence-corrected chi connectivity index (χ2v) is 7.52. The summed E-state index contributed by atoms with van der Waals surface area (Å²) in [5, 5.41) is 6.57. The Morgan fingerprint density at radius 1 is 1.21 bits per heavy atom. The van der Waals surface area contributed by atoms with E-state index in [0.717, 1.165) is 33.9 Å². The van der Waals surface area contributed by atoms with Crippen molar-refractivity contribution in [3.05, 3.63) is 39.0 Å². The lowest BCUT2D eigenvalue weighted by atomic mass is 10.3. The maximum Gasteiger partial charge on any atom is 0.195 e. The summed E-state index contributed by atoms with van der Waals surface area (Å²) in [5.74, 6) is 2.27. The monoisotopic (exact) mass is 523 g/mol. The van der Waals surface area contributed by atoms with Crippen LogP contribution in [0.3, 0.4) is 0 Å².